The molecule has 5 nitrogen and oxygen atoms in total. The Bertz CT molecular complexity index is 348. The highest BCUT2D eigenvalue weighted by Gasteiger charge is 2.34. The average Bonchev–Trinajstić information content (AvgIpc) is 2.28. The van der Waals surface area contributed by atoms with Gasteiger partial charge in [0.05, 0.1) is 6.07 Å². The first-order chi connectivity index (χ1) is 7.70. The van der Waals surface area contributed by atoms with Crippen LogP contribution < -0.4 is 5.32 Å². The standard InChI is InChI=1S/C11H15N3O2/c12-5-3-11(16)14-6-4-9-8(7-14)1-2-10(15)13-9/h8-9H,1-4,6-7H2,(H,13,15). The maximum atomic E-state index is 11.6. The number of nitrogens with zero attached hydrogens (tertiary/aromatic N) is 2. The van der Waals surface area contributed by atoms with Gasteiger partial charge < -0.3 is 10.2 Å². The quantitative estimate of drug-likeness (QED) is 0.678. The van der Waals surface area contributed by atoms with Gasteiger partial charge in [0.15, 0.2) is 0 Å². The Balaban J connectivity index is 1.93. The number of nitriles is 1. The van der Waals surface area contributed by atoms with E-state index >= 15 is 0 Å². The van der Waals surface area contributed by atoms with Crippen molar-refractivity contribution in [3.05, 3.63) is 0 Å². The molecule has 1 N–H and O–H groups in total. The van der Waals surface area contributed by atoms with Gasteiger partial charge in [-0.15, -0.1) is 0 Å². The smallest absolute Gasteiger partial charge is 0.236 e. The van der Waals surface area contributed by atoms with Gasteiger partial charge in [0.1, 0.15) is 6.42 Å². The molecule has 2 atom stereocenters. The molecule has 86 valence electrons. The lowest BCUT2D eigenvalue weighted by Gasteiger charge is -2.41. The molecule has 0 saturated carbocycles. The molecule has 2 unspecified atom stereocenters. The summed E-state index contributed by atoms with van der Waals surface area (Å²) in [6.07, 6.45) is 2.19. The summed E-state index contributed by atoms with van der Waals surface area (Å²) in [5.74, 6) is 0.407. The number of fused-ring (bicyclic) bond motifs is 1. The molecule has 2 rings (SSSR count). The molecule has 2 aliphatic heterocycles. The van der Waals surface area contributed by atoms with Crippen LogP contribution in [0.5, 0.6) is 0 Å². The minimum Gasteiger partial charge on any atom is -0.353 e. The van der Waals surface area contributed by atoms with E-state index in [0.717, 1.165) is 12.8 Å². The van der Waals surface area contributed by atoms with Gasteiger partial charge in [-0.25, -0.2) is 0 Å². The van der Waals surface area contributed by atoms with Crippen LogP contribution in [0.2, 0.25) is 0 Å². The molecule has 0 aromatic heterocycles. The molecule has 2 heterocycles. The van der Waals surface area contributed by atoms with Crippen molar-refractivity contribution in [2.24, 2.45) is 5.92 Å². The highest BCUT2D eigenvalue weighted by molar-refractivity contribution is 5.79. The zero-order chi connectivity index (χ0) is 11.5. The molecular formula is C11H15N3O2. The molecule has 2 aliphatic rings. The summed E-state index contributed by atoms with van der Waals surface area (Å²) >= 11 is 0. The van der Waals surface area contributed by atoms with Crippen LogP contribution in [-0.2, 0) is 9.59 Å². The van der Waals surface area contributed by atoms with Crippen LogP contribution in [0.4, 0.5) is 0 Å². The SMILES string of the molecule is N#CCC(=O)N1CCC2NC(=O)CCC2C1. The van der Waals surface area contributed by atoms with Crippen LogP contribution in [0, 0.1) is 17.2 Å². The van der Waals surface area contributed by atoms with Crippen LogP contribution in [0.25, 0.3) is 0 Å². The minimum atomic E-state index is -0.0853. The Labute approximate surface area is 94.4 Å². The summed E-state index contributed by atoms with van der Waals surface area (Å²) in [7, 11) is 0. The van der Waals surface area contributed by atoms with Gasteiger partial charge in [-0.05, 0) is 18.8 Å². The number of carbonyl (C=O) groups is 2. The lowest BCUT2D eigenvalue weighted by Crippen LogP contribution is -2.55. The largest absolute Gasteiger partial charge is 0.353 e. The van der Waals surface area contributed by atoms with Crippen LogP contribution in [0.15, 0.2) is 0 Å². The number of hydrogen-bond donors (Lipinski definition) is 1. The maximum absolute atomic E-state index is 11.6. The average molecular weight is 221 g/mol. The number of likely N-dealkylation sites (tertiary alicyclic amines) is 1. The Morgan fingerprint density at radius 2 is 2.38 bits per heavy atom. The fraction of sp³-hybridized carbons (Fsp3) is 0.727. The number of rotatable bonds is 1. The van der Waals surface area contributed by atoms with Crippen LogP contribution in [0.1, 0.15) is 25.7 Å². The molecular weight excluding hydrogens is 206 g/mol. The minimum absolute atomic E-state index is 0.0380. The third-order valence-corrected chi connectivity index (χ3v) is 3.41. The van der Waals surface area contributed by atoms with Crippen molar-refractivity contribution in [3.63, 3.8) is 0 Å². The molecule has 2 amide bonds. The second-order valence-corrected chi connectivity index (χ2v) is 4.44. The monoisotopic (exact) mass is 221 g/mol. The van der Waals surface area contributed by atoms with Crippen molar-refractivity contribution < 1.29 is 9.59 Å². The summed E-state index contributed by atoms with van der Waals surface area (Å²) in [6, 6.07) is 2.11. The second-order valence-electron chi connectivity index (χ2n) is 4.44. The predicted octanol–water partition coefficient (Wildman–Crippen LogP) is 0.0272. The fourth-order valence-corrected chi connectivity index (χ4v) is 2.52. The topological polar surface area (TPSA) is 73.2 Å². The van der Waals surface area contributed by atoms with Crippen LogP contribution >= 0.6 is 0 Å². The van der Waals surface area contributed by atoms with E-state index in [1.54, 1.807) is 4.90 Å². The number of piperidine rings is 2. The second kappa shape index (κ2) is 4.52. The first kappa shape index (κ1) is 10.9. The first-order valence-corrected chi connectivity index (χ1v) is 5.65. The third kappa shape index (κ3) is 2.16. The van der Waals surface area contributed by atoms with E-state index in [2.05, 4.69) is 5.32 Å². The van der Waals surface area contributed by atoms with E-state index in [-0.39, 0.29) is 24.3 Å². The lowest BCUT2D eigenvalue weighted by molar-refractivity contribution is -0.133. The summed E-state index contributed by atoms with van der Waals surface area (Å²) in [4.78, 5) is 24.5. The highest BCUT2D eigenvalue weighted by atomic mass is 16.2. The molecule has 0 aromatic rings. The molecule has 0 bridgehead atoms. The van der Waals surface area contributed by atoms with E-state index in [1.165, 1.54) is 0 Å². The molecule has 0 aromatic carbocycles. The van der Waals surface area contributed by atoms with Crippen molar-refractivity contribution in [3.8, 4) is 6.07 Å². The summed E-state index contributed by atoms with van der Waals surface area (Å²) < 4.78 is 0. The lowest BCUT2D eigenvalue weighted by atomic mass is 9.85. The van der Waals surface area contributed by atoms with Crippen LogP contribution in [0.3, 0.4) is 0 Å². The molecule has 16 heavy (non-hydrogen) atoms. The normalized spacial score (nSPS) is 28.9. The van der Waals surface area contributed by atoms with Gasteiger partial charge in [0.25, 0.3) is 0 Å². The molecule has 0 radical (unpaired) electrons. The highest BCUT2D eigenvalue weighted by Crippen LogP contribution is 2.25. The fourth-order valence-electron chi connectivity index (χ4n) is 2.52. The zero-order valence-corrected chi connectivity index (χ0v) is 9.11. The Morgan fingerprint density at radius 3 is 3.12 bits per heavy atom. The molecule has 2 fully saturated rings. The van der Waals surface area contributed by atoms with E-state index in [9.17, 15) is 9.59 Å². The van der Waals surface area contributed by atoms with Gasteiger partial charge >= 0.3 is 0 Å². The van der Waals surface area contributed by atoms with Gasteiger partial charge in [-0.1, -0.05) is 0 Å². The number of amides is 2. The van der Waals surface area contributed by atoms with Crippen molar-refractivity contribution >= 4 is 11.8 Å². The number of hydrogen-bond acceptors (Lipinski definition) is 3. The van der Waals surface area contributed by atoms with E-state index < -0.39 is 0 Å². The van der Waals surface area contributed by atoms with Crippen molar-refractivity contribution in [2.75, 3.05) is 13.1 Å². The van der Waals surface area contributed by atoms with Crippen molar-refractivity contribution in [1.29, 1.82) is 5.26 Å². The molecule has 0 spiro atoms. The molecule has 2 saturated heterocycles. The van der Waals surface area contributed by atoms with Gasteiger partial charge in [-0.3, -0.25) is 9.59 Å². The Kier molecular flexibility index (Phi) is 3.09. The summed E-state index contributed by atoms with van der Waals surface area (Å²) in [5.41, 5.74) is 0. The molecule has 5 heteroatoms. The first-order valence-electron chi connectivity index (χ1n) is 5.65. The van der Waals surface area contributed by atoms with E-state index in [4.69, 9.17) is 5.26 Å². The van der Waals surface area contributed by atoms with Crippen LogP contribution in [-0.4, -0.2) is 35.8 Å². The Hall–Kier alpha value is -1.57. The van der Waals surface area contributed by atoms with Gasteiger partial charge in [0.2, 0.25) is 11.8 Å². The van der Waals surface area contributed by atoms with Gasteiger partial charge in [0, 0.05) is 25.6 Å². The van der Waals surface area contributed by atoms with Crippen molar-refractivity contribution in [2.45, 2.75) is 31.7 Å². The number of carbonyl (C=O) groups excluding carboxylic acids is 2. The van der Waals surface area contributed by atoms with Crippen molar-refractivity contribution in [1.82, 2.24) is 10.2 Å². The summed E-state index contributed by atoms with van der Waals surface area (Å²) in [6.45, 7) is 1.34. The van der Waals surface area contributed by atoms with E-state index in [0.29, 0.717) is 25.4 Å². The maximum Gasteiger partial charge on any atom is 0.236 e. The van der Waals surface area contributed by atoms with Gasteiger partial charge in [-0.2, -0.15) is 5.26 Å². The predicted molar refractivity (Wildman–Crippen MR) is 56.1 cm³/mol. The number of nitrogens with one attached hydrogen (secondary N) is 1. The third-order valence-electron chi connectivity index (χ3n) is 3.41. The molecule has 0 aliphatic carbocycles. The zero-order valence-electron chi connectivity index (χ0n) is 9.11. The summed E-state index contributed by atoms with van der Waals surface area (Å²) in [5, 5.41) is 11.4. The van der Waals surface area contributed by atoms with E-state index in [1.807, 2.05) is 6.07 Å². The Morgan fingerprint density at radius 1 is 1.56 bits per heavy atom.